The van der Waals surface area contributed by atoms with Crippen LogP contribution in [-0.4, -0.2) is 80.9 Å². The Morgan fingerprint density at radius 2 is 2.10 bits per heavy atom. The molecule has 1 radical (unpaired) electrons. The quantitative estimate of drug-likeness (QED) is 0.527. The molecule has 1 aromatic carbocycles. The smallest absolute Gasteiger partial charge is 0.324 e. The number of para-hydroxylation sites is 1. The Labute approximate surface area is 179 Å². The molecule has 8 heteroatoms. The Morgan fingerprint density at radius 1 is 1.34 bits per heavy atom. The first kappa shape index (κ1) is 20.7. The molecule has 0 spiro atoms. The molecule has 3 aliphatic rings. The molecular formula is C21H29N4O2SSi. The number of carbonyl (C=O) groups is 1. The molecule has 29 heavy (non-hydrogen) atoms. The summed E-state index contributed by atoms with van der Waals surface area (Å²) in [6, 6.07) is 8.13. The minimum absolute atomic E-state index is 0.302. The van der Waals surface area contributed by atoms with E-state index in [0.29, 0.717) is 33.6 Å². The highest BCUT2D eigenvalue weighted by Gasteiger charge is 2.35. The van der Waals surface area contributed by atoms with Gasteiger partial charge in [-0.2, -0.15) is 0 Å². The largest absolute Gasteiger partial charge is 0.465 e. The van der Waals surface area contributed by atoms with Gasteiger partial charge in [0.2, 0.25) is 0 Å². The summed E-state index contributed by atoms with van der Waals surface area (Å²) >= 11 is 1.94. The second-order valence-corrected chi connectivity index (χ2v) is 10.4. The Morgan fingerprint density at radius 3 is 2.86 bits per heavy atom. The predicted molar refractivity (Wildman–Crippen MR) is 122 cm³/mol. The average Bonchev–Trinajstić information content (AvgIpc) is 3.00. The molecule has 3 unspecified atom stereocenters. The second-order valence-electron chi connectivity index (χ2n) is 7.69. The monoisotopic (exact) mass is 429 g/mol. The van der Waals surface area contributed by atoms with Gasteiger partial charge >= 0.3 is 5.97 Å². The van der Waals surface area contributed by atoms with Crippen molar-refractivity contribution in [2.24, 2.45) is 11.7 Å². The van der Waals surface area contributed by atoms with Crippen molar-refractivity contribution in [1.29, 1.82) is 0 Å². The first-order valence-electron chi connectivity index (χ1n) is 10.3. The van der Waals surface area contributed by atoms with E-state index >= 15 is 0 Å². The van der Waals surface area contributed by atoms with E-state index in [4.69, 9.17) is 10.5 Å². The van der Waals surface area contributed by atoms with Crippen LogP contribution in [0.25, 0.3) is 0 Å². The highest BCUT2D eigenvalue weighted by atomic mass is 32.2. The number of carbonyl (C=O) groups excluding carboxylic acids is 1. The van der Waals surface area contributed by atoms with Crippen LogP contribution in [0, 0.1) is 5.92 Å². The van der Waals surface area contributed by atoms with E-state index in [1.807, 2.05) is 18.7 Å². The number of piperazine rings is 1. The fraction of sp³-hybridized carbons (Fsp3) is 0.524. The first-order valence-corrected chi connectivity index (χ1v) is 12.2. The van der Waals surface area contributed by atoms with Crippen molar-refractivity contribution >= 4 is 43.0 Å². The molecule has 3 aliphatic heterocycles. The summed E-state index contributed by atoms with van der Waals surface area (Å²) in [6.07, 6.45) is 2.43. The lowest BCUT2D eigenvalue weighted by Crippen LogP contribution is -2.55. The van der Waals surface area contributed by atoms with Crippen LogP contribution in [0.1, 0.15) is 13.8 Å². The molecule has 0 saturated carbocycles. The number of esters is 1. The summed E-state index contributed by atoms with van der Waals surface area (Å²) in [5.74, 6) is 0.128. The Kier molecular flexibility index (Phi) is 6.43. The highest BCUT2D eigenvalue weighted by molar-refractivity contribution is 8.04. The van der Waals surface area contributed by atoms with E-state index in [1.165, 1.54) is 21.1 Å². The van der Waals surface area contributed by atoms with E-state index in [1.54, 1.807) is 0 Å². The van der Waals surface area contributed by atoms with Gasteiger partial charge in [0.25, 0.3) is 0 Å². The van der Waals surface area contributed by atoms with Gasteiger partial charge in [-0.3, -0.25) is 9.69 Å². The third kappa shape index (κ3) is 4.60. The van der Waals surface area contributed by atoms with Gasteiger partial charge in [0.1, 0.15) is 6.04 Å². The van der Waals surface area contributed by atoms with E-state index in [0.717, 1.165) is 26.2 Å². The number of thioether (sulfide) groups is 1. The number of benzene rings is 1. The molecule has 155 valence electrons. The van der Waals surface area contributed by atoms with Crippen molar-refractivity contribution in [1.82, 2.24) is 9.80 Å². The first-order chi connectivity index (χ1) is 14.0. The molecule has 0 aliphatic carbocycles. The molecular weight excluding hydrogens is 400 g/mol. The van der Waals surface area contributed by atoms with E-state index in [-0.39, 0.29) is 5.97 Å². The van der Waals surface area contributed by atoms with Gasteiger partial charge in [-0.05, 0) is 30.0 Å². The van der Waals surface area contributed by atoms with Gasteiger partial charge in [-0.25, -0.2) is 0 Å². The number of nitrogens with one attached hydrogen (secondary N) is 1. The van der Waals surface area contributed by atoms with E-state index in [9.17, 15) is 4.79 Å². The number of nitrogens with zero attached hydrogens (tertiary/aromatic N) is 2. The van der Waals surface area contributed by atoms with Crippen LogP contribution >= 0.6 is 11.8 Å². The average molecular weight is 430 g/mol. The maximum atomic E-state index is 11.8. The zero-order valence-corrected chi connectivity index (χ0v) is 18.9. The Bertz CT molecular complexity index is 823. The minimum Gasteiger partial charge on any atom is -0.465 e. The maximum Gasteiger partial charge on any atom is 0.324 e. The van der Waals surface area contributed by atoms with Gasteiger partial charge < -0.3 is 20.7 Å². The molecule has 0 amide bonds. The molecule has 4 rings (SSSR count). The lowest BCUT2D eigenvalue weighted by molar-refractivity contribution is -0.145. The SMILES string of the molecule is CCOC(=O)C(N)CN1CCN(C2=[Si]c3ccccc3NC3SC(C)=CC23)CC1. The molecule has 0 aromatic heterocycles. The summed E-state index contributed by atoms with van der Waals surface area (Å²) < 4.78 is 5.05. The van der Waals surface area contributed by atoms with Crippen molar-refractivity contribution in [3.8, 4) is 0 Å². The second kappa shape index (κ2) is 9.03. The van der Waals surface area contributed by atoms with Crippen LogP contribution in [0.4, 0.5) is 5.69 Å². The van der Waals surface area contributed by atoms with Crippen molar-refractivity contribution in [3.63, 3.8) is 0 Å². The Hall–Kier alpha value is -1.61. The number of ether oxygens (including phenoxy) is 1. The van der Waals surface area contributed by atoms with Gasteiger partial charge in [0, 0.05) is 49.6 Å². The van der Waals surface area contributed by atoms with Crippen molar-refractivity contribution in [3.05, 3.63) is 35.2 Å². The molecule has 1 fully saturated rings. The summed E-state index contributed by atoms with van der Waals surface area (Å²) in [7, 11) is 0.679. The van der Waals surface area contributed by atoms with Gasteiger partial charge in [0.05, 0.1) is 21.1 Å². The molecule has 6 nitrogen and oxygen atoms in total. The van der Waals surface area contributed by atoms with Crippen LogP contribution in [0.2, 0.25) is 0 Å². The molecule has 3 heterocycles. The molecule has 0 bridgehead atoms. The number of allylic oxidation sites excluding steroid dienone is 1. The third-order valence-corrected chi connectivity index (χ3v) is 8.40. The van der Waals surface area contributed by atoms with Crippen LogP contribution in [-0.2, 0) is 9.53 Å². The minimum atomic E-state index is -0.564. The normalized spacial score (nSPS) is 25.1. The third-order valence-electron chi connectivity index (χ3n) is 5.61. The fourth-order valence-corrected chi connectivity index (χ4v) is 6.98. The lowest BCUT2D eigenvalue weighted by atomic mass is 10.1. The van der Waals surface area contributed by atoms with Gasteiger partial charge in [-0.1, -0.05) is 24.3 Å². The van der Waals surface area contributed by atoms with Crippen molar-refractivity contribution in [2.45, 2.75) is 25.3 Å². The summed E-state index contributed by atoms with van der Waals surface area (Å²) in [6.45, 7) is 8.75. The standard InChI is InChI=1S/C21H29N4O2SSi/c1-3-27-21(26)16(22)13-24-8-10-25(11-9-24)20-15-12-14(2)28-19(15)23-17-6-4-5-7-18(17)29-20/h4-7,12,15-16,19,23H,3,8-11,13,22H2,1-2H3. The lowest BCUT2D eigenvalue weighted by Gasteiger charge is -2.40. The van der Waals surface area contributed by atoms with E-state index in [2.05, 4.69) is 52.4 Å². The Balaban J connectivity index is 1.46. The fourth-order valence-electron chi connectivity index (χ4n) is 4.15. The van der Waals surface area contributed by atoms with Crippen LogP contribution in [0.15, 0.2) is 35.2 Å². The van der Waals surface area contributed by atoms with Crippen LogP contribution in [0.5, 0.6) is 0 Å². The van der Waals surface area contributed by atoms with Gasteiger partial charge in [-0.15, -0.1) is 11.8 Å². The molecule has 3 N–H and O–H groups in total. The summed E-state index contributed by atoms with van der Waals surface area (Å²) in [4.78, 5) is 18.1. The topological polar surface area (TPSA) is 70.8 Å². The van der Waals surface area contributed by atoms with Crippen molar-refractivity contribution < 1.29 is 9.53 Å². The number of hydrogen-bond acceptors (Lipinski definition) is 7. The predicted octanol–water partition coefficient (Wildman–Crippen LogP) is 0.672. The van der Waals surface area contributed by atoms with Gasteiger partial charge in [0.15, 0.2) is 0 Å². The number of hydrogen-bond donors (Lipinski definition) is 2. The maximum absolute atomic E-state index is 11.8. The zero-order valence-electron chi connectivity index (χ0n) is 17.1. The summed E-state index contributed by atoms with van der Waals surface area (Å²) in [5, 5.41) is 7.08. The van der Waals surface area contributed by atoms with E-state index < -0.39 is 6.04 Å². The van der Waals surface area contributed by atoms with Crippen LogP contribution in [0.3, 0.4) is 0 Å². The number of fused-ring (bicyclic) bond motifs is 2. The molecule has 3 atom stereocenters. The molecule has 1 aromatic rings. The zero-order chi connectivity index (χ0) is 20.4. The molecule has 1 saturated heterocycles. The number of rotatable bonds is 5. The summed E-state index contributed by atoms with van der Waals surface area (Å²) in [5.41, 5.74) is 7.29. The van der Waals surface area contributed by atoms with Crippen LogP contribution < -0.4 is 16.2 Å². The van der Waals surface area contributed by atoms with Crippen molar-refractivity contribution in [2.75, 3.05) is 44.6 Å². The number of anilines is 1. The number of nitrogens with two attached hydrogens (primary N) is 1. The highest BCUT2D eigenvalue weighted by Crippen LogP contribution is 2.38.